The molecule has 0 aromatic rings. The zero-order valence-corrected chi connectivity index (χ0v) is 21.6. The van der Waals surface area contributed by atoms with Gasteiger partial charge in [0.25, 0.3) is 0 Å². The Kier molecular flexibility index (Phi) is 22.3. The van der Waals surface area contributed by atoms with E-state index in [1.54, 1.807) is 4.31 Å². The molecule has 0 saturated carbocycles. The van der Waals surface area contributed by atoms with Crippen molar-refractivity contribution in [3.63, 3.8) is 0 Å². The Balaban J connectivity index is 4.29. The van der Waals surface area contributed by atoms with Crippen LogP contribution in [0.3, 0.4) is 0 Å². The third-order valence-corrected chi connectivity index (χ3v) is 8.00. The van der Waals surface area contributed by atoms with Gasteiger partial charge in [0.15, 0.2) is 0 Å². The van der Waals surface area contributed by atoms with Crippen molar-refractivity contribution in [1.82, 2.24) is 4.31 Å². The van der Waals surface area contributed by atoms with E-state index >= 15 is 0 Å². The molecular formula is C26H49N3O2S. The maximum absolute atomic E-state index is 13.0. The quantitative estimate of drug-likeness (QED) is 0.138. The van der Waals surface area contributed by atoms with Crippen molar-refractivity contribution in [2.24, 2.45) is 0 Å². The molecule has 5 nitrogen and oxygen atoms in total. The fourth-order valence-corrected chi connectivity index (χ4v) is 5.62. The fraction of sp³-hybridized carbons (Fsp3) is 0.923. The van der Waals surface area contributed by atoms with Crippen molar-refractivity contribution in [3.8, 4) is 12.1 Å². The summed E-state index contributed by atoms with van der Waals surface area (Å²) in [4.78, 5) is 0. The predicted octanol–water partition coefficient (Wildman–Crippen LogP) is 7.49. The Bertz CT molecular complexity index is 563. The summed E-state index contributed by atoms with van der Waals surface area (Å²) in [6.45, 7) is 3.50. The lowest BCUT2D eigenvalue weighted by Crippen LogP contribution is -2.35. The standard InChI is InChI=1S/C26H49N3O2S/c1-2-3-4-5-16-21-26-32(30,31)29(24-19-14-10-6-8-12-17-22-27)25-20-15-11-7-9-13-18-23-28/h2-21,24-26H2,1H3. The molecule has 0 aliphatic rings. The summed E-state index contributed by atoms with van der Waals surface area (Å²) >= 11 is 0. The monoisotopic (exact) mass is 467 g/mol. The minimum Gasteiger partial charge on any atom is -0.212 e. The molecule has 0 rings (SSSR count). The molecule has 0 radical (unpaired) electrons. The molecule has 0 aliphatic carbocycles. The minimum absolute atomic E-state index is 0.293. The van der Waals surface area contributed by atoms with E-state index in [1.807, 2.05) is 0 Å². The maximum atomic E-state index is 13.0. The zero-order chi connectivity index (χ0) is 23.8. The molecule has 0 aromatic carbocycles. The third kappa shape index (κ3) is 19.6. The van der Waals surface area contributed by atoms with Gasteiger partial charge in [0.1, 0.15) is 0 Å². The molecule has 0 bridgehead atoms. The molecule has 0 unspecified atom stereocenters. The number of rotatable bonds is 24. The van der Waals surface area contributed by atoms with Crippen LogP contribution in [0.5, 0.6) is 0 Å². The highest BCUT2D eigenvalue weighted by atomic mass is 32.2. The van der Waals surface area contributed by atoms with E-state index in [9.17, 15) is 8.42 Å². The summed E-state index contributed by atoms with van der Waals surface area (Å²) < 4.78 is 27.7. The Morgan fingerprint density at radius 2 is 0.938 bits per heavy atom. The largest absolute Gasteiger partial charge is 0.214 e. The first-order valence-corrected chi connectivity index (χ1v) is 14.9. The van der Waals surface area contributed by atoms with Crippen LogP contribution in [-0.2, 0) is 10.0 Å². The lowest BCUT2D eigenvalue weighted by Gasteiger charge is -2.22. The molecule has 0 aliphatic heterocycles. The van der Waals surface area contributed by atoms with Crippen molar-refractivity contribution in [2.45, 2.75) is 135 Å². The average molecular weight is 468 g/mol. The average Bonchev–Trinajstić information content (AvgIpc) is 2.78. The molecule has 6 heteroatoms. The predicted molar refractivity (Wildman–Crippen MR) is 135 cm³/mol. The zero-order valence-electron chi connectivity index (χ0n) is 20.8. The first-order valence-electron chi connectivity index (χ1n) is 13.3. The second kappa shape index (κ2) is 23.1. The minimum atomic E-state index is -3.16. The Labute approximate surface area is 199 Å². The Morgan fingerprint density at radius 1 is 0.562 bits per heavy atom. The highest BCUT2D eigenvalue weighted by Crippen LogP contribution is 2.15. The summed E-state index contributed by atoms with van der Waals surface area (Å²) in [7, 11) is -3.16. The first-order chi connectivity index (χ1) is 15.6. The SMILES string of the molecule is CCCCCCCCS(=O)(=O)N(CCCCCCCCC#N)CCCCCCCCC#N. The summed E-state index contributed by atoms with van der Waals surface area (Å²) in [5.74, 6) is 0.293. The smallest absolute Gasteiger partial charge is 0.212 e. The van der Waals surface area contributed by atoms with Gasteiger partial charge in [-0.05, 0) is 32.1 Å². The van der Waals surface area contributed by atoms with Gasteiger partial charge in [0, 0.05) is 25.9 Å². The number of hydrogen-bond donors (Lipinski definition) is 0. The number of nitrogens with zero attached hydrogens (tertiary/aromatic N) is 3. The van der Waals surface area contributed by atoms with E-state index in [-0.39, 0.29) is 0 Å². The van der Waals surface area contributed by atoms with Gasteiger partial charge in [-0.25, -0.2) is 12.7 Å². The van der Waals surface area contributed by atoms with Crippen molar-refractivity contribution in [3.05, 3.63) is 0 Å². The van der Waals surface area contributed by atoms with Gasteiger partial charge in [-0.2, -0.15) is 10.5 Å². The van der Waals surface area contributed by atoms with E-state index in [0.29, 0.717) is 31.7 Å². The molecule has 32 heavy (non-hydrogen) atoms. The Morgan fingerprint density at radius 3 is 1.38 bits per heavy atom. The van der Waals surface area contributed by atoms with Crippen LogP contribution in [0.15, 0.2) is 0 Å². The number of nitriles is 2. The van der Waals surface area contributed by atoms with Crippen LogP contribution in [0.25, 0.3) is 0 Å². The molecule has 0 aromatic heterocycles. The van der Waals surface area contributed by atoms with E-state index in [4.69, 9.17) is 10.5 Å². The van der Waals surface area contributed by atoms with Crippen LogP contribution < -0.4 is 0 Å². The van der Waals surface area contributed by atoms with Gasteiger partial charge < -0.3 is 0 Å². The van der Waals surface area contributed by atoms with Crippen molar-refractivity contribution < 1.29 is 8.42 Å². The van der Waals surface area contributed by atoms with Gasteiger partial charge in [0.2, 0.25) is 10.0 Å². The van der Waals surface area contributed by atoms with Crippen LogP contribution >= 0.6 is 0 Å². The van der Waals surface area contributed by atoms with Gasteiger partial charge in [-0.1, -0.05) is 90.4 Å². The van der Waals surface area contributed by atoms with Crippen LogP contribution in [0.1, 0.15) is 135 Å². The lowest BCUT2D eigenvalue weighted by atomic mass is 10.1. The Hall–Kier alpha value is -1.11. The second-order valence-corrected chi connectivity index (χ2v) is 11.1. The first kappa shape index (κ1) is 30.9. The van der Waals surface area contributed by atoms with Crippen LogP contribution in [0, 0.1) is 22.7 Å². The fourth-order valence-electron chi connectivity index (χ4n) is 3.98. The van der Waals surface area contributed by atoms with Gasteiger partial charge in [0.05, 0.1) is 17.9 Å². The molecule has 186 valence electrons. The maximum Gasteiger partial charge on any atom is 0.214 e. The van der Waals surface area contributed by atoms with E-state index in [2.05, 4.69) is 19.1 Å². The van der Waals surface area contributed by atoms with Gasteiger partial charge in [-0.15, -0.1) is 0 Å². The normalized spacial score (nSPS) is 11.5. The molecule has 0 N–H and O–H groups in total. The topological polar surface area (TPSA) is 85.0 Å². The van der Waals surface area contributed by atoms with Crippen molar-refractivity contribution in [2.75, 3.05) is 18.8 Å². The van der Waals surface area contributed by atoms with Crippen molar-refractivity contribution in [1.29, 1.82) is 10.5 Å². The third-order valence-electron chi connectivity index (χ3n) is 6.04. The molecule has 0 heterocycles. The molecular weight excluding hydrogens is 418 g/mol. The molecule has 0 fully saturated rings. The number of hydrogen-bond acceptors (Lipinski definition) is 4. The number of sulfonamides is 1. The van der Waals surface area contributed by atoms with Gasteiger partial charge >= 0.3 is 0 Å². The van der Waals surface area contributed by atoms with E-state index in [1.165, 1.54) is 19.3 Å². The van der Waals surface area contributed by atoms with E-state index in [0.717, 1.165) is 96.3 Å². The molecule has 0 atom stereocenters. The van der Waals surface area contributed by atoms with Crippen LogP contribution in [-0.4, -0.2) is 31.6 Å². The van der Waals surface area contributed by atoms with Crippen molar-refractivity contribution >= 4 is 10.0 Å². The summed E-state index contributed by atoms with van der Waals surface area (Å²) in [6, 6.07) is 4.37. The van der Waals surface area contributed by atoms with E-state index < -0.39 is 10.0 Å². The second-order valence-electron chi connectivity index (χ2n) is 9.04. The molecule has 0 spiro atoms. The highest BCUT2D eigenvalue weighted by molar-refractivity contribution is 7.89. The molecule has 0 saturated heterocycles. The lowest BCUT2D eigenvalue weighted by molar-refractivity contribution is 0.382. The number of unbranched alkanes of at least 4 members (excludes halogenated alkanes) is 17. The molecule has 0 amide bonds. The van der Waals surface area contributed by atoms with Crippen LogP contribution in [0.4, 0.5) is 0 Å². The summed E-state index contributed by atoms with van der Waals surface area (Å²) in [5.41, 5.74) is 0. The van der Waals surface area contributed by atoms with Crippen LogP contribution in [0.2, 0.25) is 0 Å². The van der Waals surface area contributed by atoms with Gasteiger partial charge in [-0.3, -0.25) is 0 Å². The summed E-state index contributed by atoms with van der Waals surface area (Å²) in [6.07, 6.45) is 20.5. The highest BCUT2D eigenvalue weighted by Gasteiger charge is 2.20. The summed E-state index contributed by atoms with van der Waals surface area (Å²) in [5, 5.41) is 17.2.